The van der Waals surface area contributed by atoms with Gasteiger partial charge in [0, 0.05) is 13.5 Å². The number of hydrogen-bond donors (Lipinski definition) is 1. The first-order valence-electron chi connectivity index (χ1n) is 7.76. The van der Waals surface area contributed by atoms with Crippen LogP contribution in [-0.4, -0.2) is 24.3 Å². The summed E-state index contributed by atoms with van der Waals surface area (Å²) < 4.78 is 5.26. The lowest BCUT2D eigenvalue weighted by Gasteiger charge is -2.38. The monoisotopic (exact) mass is 280 g/mol. The number of aliphatic hydroxyl groups is 1. The molecule has 1 fully saturated rings. The van der Waals surface area contributed by atoms with Crippen molar-refractivity contribution < 1.29 is 14.6 Å². The van der Waals surface area contributed by atoms with Crippen LogP contribution in [0.15, 0.2) is 11.6 Å². The van der Waals surface area contributed by atoms with Crippen LogP contribution in [0.3, 0.4) is 0 Å². The molecular formula is C17H28O3. The van der Waals surface area contributed by atoms with Crippen LogP contribution in [0.4, 0.5) is 0 Å². The van der Waals surface area contributed by atoms with Crippen molar-refractivity contribution in [2.24, 2.45) is 22.7 Å². The Balaban J connectivity index is 2.31. The average Bonchev–Trinajstić information content (AvgIpc) is 2.56. The molecule has 0 amide bonds. The Hall–Kier alpha value is -0.830. The minimum Gasteiger partial charge on any atom is -0.461 e. The maximum atomic E-state index is 11.1. The standard InChI is InChI=1S/C17H28O3/c1-12(19)20-11-13-10-15-14(6-9-18)17(13,4)8-5-7-16(15,2)3/h10,14-15,18H,5-9,11H2,1-4H3. The van der Waals surface area contributed by atoms with E-state index in [1.165, 1.54) is 25.3 Å². The van der Waals surface area contributed by atoms with Crippen molar-refractivity contribution in [3.8, 4) is 0 Å². The molecule has 3 nitrogen and oxygen atoms in total. The first kappa shape index (κ1) is 15.6. The number of allylic oxidation sites excluding steroid dienone is 1. The third-order valence-electron chi connectivity index (χ3n) is 5.66. The van der Waals surface area contributed by atoms with Crippen molar-refractivity contribution >= 4 is 5.97 Å². The number of rotatable bonds is 4. The van der Waals surface area contributed by atoms with Crippen LogP contribution in [-0.2, 0) is 9.53 Å². The summed E-state index contributed by atoms with van der Waals surface area (Å²) in [5, 5.41) is 9.45. The Bertz CT molecular complexity index is 410. The fourth-order valence-electron chi connectivity index (χ4n) is 4.38. The summed E-state index contributed by atoms with van der Waals surface area (Å²) in [6.07, 6.45) is 6.75. The van der Waals surface area contributed by atoms with E-state index in [-0.39, 0.29) is 23.4 Å². The maximum Gasteiger partial charge on any atom is 0.302 e. The van der Waals surface area contributed by atoms with E-state index in [0.29, 0.717) is 18.4 Å². The topological polar surface area (TPSA) is 46.5 Å². The molecule has 1 saturated carbocycles. The number of aliphatic hydroxyl groups excluding tert-OH is 1. The lowest BCUT2D eigenvalue weighted by atomic mass is 9.66. The van der Waals surface area contributed by atoms with Gasteiger partial charge in [-0.3, -0.25) is 4.79 Å². The quantitative estimate of drug-likeness (QED) is 0.635. The van der Waals surface area contributed by atoms with E-state index >= 15 is 0 Å². The summed E-state index contributed by atoms with van der Waals surface area (Å²) >= 11 is 0. The highest BCUT2D eigenvalue weighted by molar-refractivity contribution is 5.66. The Morgan fingerprint density at radius 2 is 2.10 bits per heavy atom. The molecule has 114 valence electrons. The molecule has 3 unspecified atom stereocenters. The van der Waals surface area contributed by atoms with Gasteiger partial charge < -0.3 is 9.84 Å². The molecule has 0 heterocycles. The van der Waals surface area contributed by atoms with Crippen LogP contribution in [0, 0.1) is 22.7 Å². The van der Waals surface area contributed by atoms with Crippen molar-refractivity contribution in [1.82, 2.24) is 0 Å². The zero-order valence-corrected chi connectivity index (χ0v) is 13.2. The molecular weight excluding hydrogens is 252 g/mol. The van der Waals surface area contributed by atoms with Gasteiger partial charge in [-0.15, -0.1) is 0 Å². The van der Waals surface area contributed by atoms with Gasteiger partial charge in [0.1, 0.15) is 6.61 Å². The van der Waals surface area contributed by atoms with Crippen molar-refractivity contribution in [2.75, 3.05) is 13.2 Å². The first-order valence-corrected chi connectivity index (χ1v) is 7.76. The molecule has 1 N–H and O–H groups in total. The number of fused-ring (bicyclic) bond motifs is 2. The molecule has 0 aliphatic heterocycles. The Morgan fingerprint density at radius 1 is 1.40 bits per heavy atom. The van der Waals surface area contributed by atoms with Gasteiger partial charge in [0.05, 0.1) is 0 Å². The lowest BCUT2D eigenvalue weighted by molar-refractivity contribution is -0.140. The van der Waals surface area contributed by atoms with Gasteiger partial charge in [0.25, 0.3) is 0 Å². The molecule has 0 saturated heterocycles. The molecule has 3 atom stereocenters. The molecule has 0 radical (unpaired) electrons. The highest BCUT2D eigenvalue weighted by atomic mass is 16.5. The van der Waals surface area contributed by atoms with Crippen molar-refractivity contribution in [3.63, 3.8) is 0 Å². The number of esters is 1. The second kappa shape index (κ2) is 5.51. The smallest absolute Gasteiger partial charge is 0.302 e. The number of ether oxygens (including phenoxy) is 1. The second-order valence-corrected chi connectivity index (χ2v) is 7.38. The summed E-state index contributed by atoms with van der Waals surface area (Å²) in [7, 11) is 0. The largest absolute Gasteiger partial charge is 0.461 e. The van der Waals surface area contributed by atoms with E-state index in [2.05, 4.69) is 26.8 Å². The van der Waals surface area contributed by atoms with Crippen LogP contribution in [0.1, 0.15) is 53.4 Å². The van der Waals surface area contributed by atoms with Gasteiger partial charge in [-0.05, 0) is 47.5 Å². The van der Waals surface area contributed by atoms with Crippen LogP contribution >= 0.6 is 0 Å². The van der Waals surface area contributed by atoms with Crippen molar-refractivity contribution in [3.05, 3.63) is 11.6 Å². The lowest BCUT2D eigenvalue weighted by Crippen LogP contribution is -2.33. The fourth-order valence-corrected chi connectivity index (χ4v) is 4.38. The molecule has 2 aliphatic carbocycles. The van der Waals surface area contributed by atoms with Crippen LogP contribution in [0.2, 0.25) is 0 Å². The first-order chi connectivity index (χ1) is 9.31. The molecule has 0 spiro atoms. The zero-order chi connectivity index (χ0) is 15.0. The van der Waals surface area contributed by atoms with Crippen LogP contribution in [0.5, 0.6) is 0 Å². The summed E-state index contributed by atoms with van der Waals surface area (Å²) in [5.74, 6) is 0.731. The van der Waals surface area contributed by atoms with Gasteiger partial charge >= 0.3 is 5.97 Å². The summed E-state index contributed by atoms with van der Waals surface area (Å²) in [6.45, 7) is 9.08. The van der Waals surface area contributed by atoms with E-state index in [9.17, 15) is 9.90 Å². The van der Waals surface area contributed by atoms with Gasteiger partial charge in [0.15, 0.2) is 0 Å². The van der Waals surface area contributed by atoms with E-state index in [4.69, 9.17) is 4.74 Å². The molecule has 2 bridgehead atoms. The normalized spacial score (nSPS) is 35.4. The number of carbonyl (C=O) groups excluding carboxylic acids is 1. The predicted molar refractivity (Wildman–Crippen MR) is 79.1 cm³/mol. The number of carbonyl (C=O) groups is 1. The second-order valence-electron chi connectivity index (χ2n) is 7.38. The molecule has 0 aromatic heterocycles. The van der Waals surface area contributed by atoms with Gasteiger partial charge in [-0.25, -0.2) is 0 Å². The maximum absolute atomic E-state index is 11.1. The van der Waals surface area contributed by atoms with Gasteiger partial charge in [-0.2, -0.15) is 0 Å². The minimum atomic E-state index is -0.216. The fraction of sp³-hybridized carbons (Fsp3) is 0.824. The molecule has 0 aromatic rings. The van der Waals surface area contributed by atoms with Gasteiger partial charge in [0.2, 0.25) is 0 Å². The summed E-state index contributed by atoms with van der Waals surface area (Å²) in [6, 6.07) is 0. The highest BCUT2D eigenvalue weighted by Crippen LogP contribution is 2.59. The average molecular weight is 280 g/mol. The van der Waals surface area contributed by atoms with E-state index < -0.39 is 0 Å². The predicted octanol–water partition coefficient (Wildman–Crippen LogP) is 3.32. The molecule has 0 aromatic carbocycles. The molecule has 3 heteroatoms. The Morgan fingerprint density at radius 3 is 2.70 bits per heavy atom. The Labute approximate surface area is 122 Å². The zero-order valence-electron chi connectivity index (χ0n) is 13.2. The van der Waals surface area contributed by atoms with Crippen LogP contribution < -0.4 is 0 Å². The summed E-state index contributed by atoms with van der Waals surface area (Å²) in [5.41, 5.74) is 1.61. The highest BCUT2D eigenvalue weighted by Gasteiger charge is 2.52. The minimum absolute atomic E-state index is 0.0800. The molecule has 2 rings (SSSR count). The SMILES string of the molecule is CC(=O)OCC1=CC2C(CCO)C1(C)CCCC2(C)C. The van der Waals surface area contributed by atoms with Crippen molar-refractivity contribution in [1.29, 1.82) is 0 Å². The molecule has 2 aliphatic rings. The van der Waals surface area contributed by atoms with E-state index in [1.807, 2.05) is 0 Å². The third kappa shape index (κ3) is 2.65. The van der Waals surface area contributed by atoms with Crippen LogP contribution in [0.25, 0.3) is 0 Å². The van der Waals surface area contributed by atoms with E-state index in [1.54, 1.807) is 0 Å². The summed E-state index contributed by atoms with van der Waals surface area (Å²) in [4.78, 5) is 11.1. The van der Waals surface area contributed by atoms with Gasteiger partial charge in [-0.1, -0.05) is 33.3 Å². The van der Waals surface area contributed by atoms with E-state index in [0.717, 1.165) is 12.8 Å². The molecule has 20 heavy (non-hydrogen) atoms. The van der Waals surface area contributed by atoms with Crippen molar-refractivity contribution in [2.45, 2.75) is 53.4 Å². The Kier molecular flexibility index (Phi) is 4.29. The third-order valence-corrected chi connectivity index (χ3v) is 5.66. The number of hydrogen-bond acceptors (Lipinski definition) is 3.